The molecule has 0 aliphatic rings. The lowest BCUT2D eigenvalue weighted by molar-refractivity contribution is 0.398. The number of H-pyrrole nitrogens is 1. The highest BCUT2D eigenvalue weighted by molar-refractivity contribution is 7.93. The fraction of sp³-hybridized carbons (Fsp3) is 0.0769. The molecule has 3 rings (SSSR count). The Bertz CT molecular complexity index is 990. The van der Waals surface area contributed by atoms with E-state index in [2.05, 4.69) is 19.7 Å². The van der Waals surface area contributed by atoms with E-state index in [-0.39, 0.29) is 21.6 Å². The van der Waals surface area contributed by atoms with Crippen molar-refractivity contribution in [2.45, 2.75) is 4.90 Å². The second kappa shape index (κ2) is 5.67. The first-order chi connectivity index (χ1) is 10.9. The van der Waals surface area contributed by atoms with Gasteiger partial charge in [-0.05, 0) is 12.1 Å². The van der Waals surface area contributed by atoms with Crippen molar-refractivity contribution in [2.24, 2.45) is 0 Å². The zero-order valence-electron chi connectivity index (χ0n) is 11.7. The van der Waals surface area contributed by atoms with E-state index in [1.165, 1.54) is 25.4 Å². The number of anilines is 1. The van der Waals surface area contributed by atoms with E-state index >= 15 is 0 Å². The van der Waals surface area contributed by atoms with Gasteiger partial charge in [0.1, 0.15) is 27.2 Å². The molecule has 0 saturated heterocycles. The summed E-state index contributed by atoms with van der Waals surface area (Å²) in [4.78, 5) is 10.3. The Balaban J connectivity index is 2.06. The molecule has 0 aliphatic heterocycles. The molecular formula is C13H10ClFN4O3S. The summed E-state index contributed by atoms with van der Waals surface area (Å²) >= 11 is 5.77. The lowest BCUT2D eigenvalue weighted by atomic mass is 10.3. The van der Waals surface area contributed by atoms with Crippen LogP contribution in [0.2, 0.25) is 5.15 Å². The van der Waals surface area contributed by atoms with Gasteiger partial charge < -0.3 is 9.72 Å². The molecule has 0 atom stereocenters. The number of halogens is 2. The van der Waals surface area contributed by atoms with Crippen molar-refractivity contribution >= 4 is 38.3 Å². The normalized spacial score (nSPS) is 11.6. The number of pyridine rings is 2. The van der Waals surface area contributed by atoms with Gasteiger partial charge in [0.25, 0.3) is 10.0 Å². The number of nitrogens with zero attached hydrogens (tertiary/aromatic N) is 2. The van der Waals surface area contributed by atoms with E-state index in [1.807, 2.05) is 0 Å². The molecule has 0 amide bonds. The van der Waals surface area contributed by atoms with Crippen LogP contribution in [0, 0.1) is 5.82 Å². The van der Waals surface area contributed by atoms with Crippen LogP contribution in [-0.4, -0.2) is 30.5 Å². The van der Waals surface area contributed by atoms with E-state index in [1.54, 1.807) is 0 Å². The zero-order chi connectivity index (χ0) is 16.6. The highest BCUT2D eigenvalue weighted by atomic mass is 35.5. The molecule has 0 aliphatic carbocycles. The van der Waals surface area contributed by atoms with E-state index in [4.69, 9.17) is 16.3 Å². The summed E-state index contributed by atoms with van der Waals surface area (Å²) in [7, 11) is -2.71. The maximum atomic E-state index is 13.3. The molecule has 10 heteroatoms. The van der Waals surface area contributed by atoms with Crippen molar-refractivity contribution in [3.63, 3.8) is 0 Å². The molecule has 3 aromatic heterocycles. The Morgan fingerprint density at radius 1 is 1.39 bits per heavy atom. The number of hydrogen-bond donors (Lipinski definition) is 2. The van der Waals surface area contributed by atoms with Crippen molar-refractivity contribution in [2.75, 3.05) is 11.8 Å². The van der Waals surface area contributed by atoms with Crippen LogP contribution in [0.5, 0.6) is 5.88 Å². The van der Waals surface area contributed by atoms with Gasteiger partial charge in [-0.3, -0.25) is 4.72 Å². The van der Waals surface area contributed by atoms with Crippen LogP contribution in [0.15, 0.2) is 35.5 Å². The number of fused-ring (bicyclic) bond motifs is 1. The molecule has 7 nitrogen and oxygen atoms in total. The summed E-state index contributed by atoms with van der Waals surface area (Å²) in [5.41, 5.74) is 0.214. The van der Waals surface area contributed by atoms with Gasteiger partial charge >= 0.3 is 0 Å². The van der Waals surface area contributed by atoms with Gasteiger partial charge in [-0.15, -0.1) is 0 Å². The Morgan fingerprint density at radius 3 is 2.91 bits per heavy atom. The van der Waals surface area contributed by atoms with Crippen LogP contribution < -0.4 is 9.46 Å². The second-order valence-corrected chi connectivity index (χ2v) is 6.54. The van der Waals surface area contributed by atoms with Crippen LogP contribution in [0.4, 0.5) is 10.1 Å². The molecule has 2 N–H and O–H groups in total. The number of ether oxygens (including phenoxy) is 1. The molecule has 0 spiro atoms. The van der Waals surface area contributed by atoms with Crippen molar-refractivity contribution < 1.29 is 17.5 Å². The number of rotatable bonds is 4. The Kier molecular flexibility index (Phi) is 3.82. The lowest BCUT2D eigenvalue weighted by Crippen LogP contribution is -2.14. The fourth-order valence-corrected chi connectivity index (χ4v) is 3.40. The maximum absolute atomic E-state index is 13.3. The fourth-order valence-electron chi connectivity index (χ4n) is 2.04. The topological polar surface area (TPSA) is 97.0 Å². The van der Waals surface area contributed by atoms with Crippen LogP contribution in [0.25, 0.3) is 11.0 Å². The summed E-state index contributed by atoms with van der Waals surface area (Å²) in [6, 6.07) is 3.98. The molecule has 3 heterocycles. The Labute approximate surface area is 135 Å². The van der Waals surface area contributed by atoms with Gasteiger partial charge in [0.2, 0.25) is 5.88 Å². The van der Waals surface area contributed by atoms with Crippen molar-refractivity contribution in [3.05, 3.63) is 41.6 Å². The minimum absolute atomic E-state index is 0.0454. The van der Waals surface area contributed by atoms with E-state index in [9.17, 15) is 12.8 Å². The third-order valence-corrected chi connectivity index (χ3v) is 4.63. The average molecular weight is 357 g/mol. The number of aromatic nitrogens is 3. The summed E-state index contributed by atoms with van der Waals surface area (Å²) in [6.45, 7) is 0. The van der Waals surface area contributed by atoms with Crippen LogP contribution in [0.1, 0.15) is 0 Å². The van der Waals surface area contributed by atoms with Crippen LogP contribution >= 0.6 is 11.6 Å². The summed E-state index contributed by atoms with van der Waals surface area (Å²) < 4.78 is 45.6. The standard InChI is InChI=1S/C13H10ClFN4O3S/c1-22-13-9(4-7(15)5-17-13)19-23(20,21)10-6-16-12-8(10)2-3-11(14)18-12/h2-6,19H,1H3,(H,16,18). The SMILES string of the molecule is COc1ncc(F)cc1NS(=O)(=O)c1c[nH]c2nc(Cl)ccc12. The number of sulfonamides is 1. The van der Waals surface area contributed by atoms with Gasteiger partial charge in [0.15, 0.2) is 0 Å². The molecule has 0 aromatic carbocycles. The van der Waals surface area contributed by atoms with Crippen LogP contribution in [-0.2, 0) is 10.0 Å². The van der Waals surface area contributed by atoms with Crippen molar-refractivity contribution in [1.29, 1.82) is 0 Å². The minimum atomic E-state index is -4.01. The minimum Gasteiger partial charge on any atom is -0.479 e. The molecule has 0 bridgehead atoms. The molecule has 0 unspecified atom stereocenters. The summed E-state index contributed by atoms with van der Waals surface area (Å²) in [5, 5.41) is 0.581. The Hall–Kier alpha value is -2.39. The van der Waals surface area contributed by atoms with Crippen molar-refractivity contribution in [3.8, 4) is 5.88 Å². The zero-order valence-corrected chi connectivity index (χ0v) is 13.2. The number of aromatic amines is 1. The molecular weight excluding hydrogens is 347 g/mol. The Morgan fingerprint density at radius 2 is 2.17 bits per heavy atom. The van der Waals surface area contributed by atoms with E-state index < -0.39 is 15.8 Å². The smallest absolute Gasteiger partial charge is 0.264 e. The largest absolute Gasteiger partial charge is 0.479 e. The number of nitrogens with one attached hydrogen (secondary N) is 2. The van der Waals surface area contributed by atoms with Crippen LogP contribution in [0.3, 0.4) is 0 Å². The molecule has 0 fully saturated rings. The predicted molar refractivity (Wildman–Crippen MR) is 82.7 cm³/mol. The van der Waals surface area contributed by atoms with Gasteiger partial charge in [0.05, 0.1) is 13.3 Å². The average Bonchev–Trinajstić information content (AvgIpc) is 2.90. The monoisotopic (exact) mass is 356 g/mol. The summed E-state index contributed by atoms with van der Waals surface area (Å²) in [5.74, 6) is -0.744. The molecule has 0 radical (unpaired) electrons. The van der Waals surface area contributed by atoms with Gasteiger partial charge in [-0.25, -0.2) is 22.8 Å². The highest BCUT2D eigenvalue weighted by Crippen LogP contribution is 2.28. The first-order valence-electron chi connectivity index (χ1n) is 6.26. The maximum Gasteiger partial charge on any atom is 0.264 e. The first kappa shape index (κ1) is 15.5. The van der Waals surface area contributed by atoms with Gasteiger partial charge in [-0.1, -0.05) is 11.6 Å². The number of methoxy groups -OCH3 is 1. The highest BCUT2D eigenvalue weighted by Gasteiger charge is 2.22. The third kappa shape index (κ3) is 2.92. The molecule has 3 aromatic rings. The van der Waals surface area contributed by atoms with E-state index in [0.29, 0.717) is 11.0 Å². The third-order valence-electron chi connectivity index (χ3n) is 3.01. The lowest BCUT2D eigenvalue weighted by Gasteiger charge is -2.10. The molecule has 0 saturated carbocycles. The first-order valence-corrected chi connectivity index (χ1v) is 8.13. The van der Waals surface area contributed by atoms with Gasteiger partial charge in [-0.2, -0.15) is 0 Å². The second-order valence-electron chi connectivity index (χ2n) is 4.50. The summed E-state index contributed by atoms with van der Waals surface area (Å²) in [6.07, 6.45) is 2.20. The quantitative estimate of drug-likeness (QED) is 0.700. The predicted octanol–water partition coefficient (Wildman–Crippen LogP) is 2.56. The van der Waals surface area contributed by atoms with Gasteiger partial charge in [0, 0.05) is 17.6 Å². The van der Waals surface area contributed by atoms with E-state index in [0.717, 1.165) is 12.3 Å². The number of hydrogen-bond acceptors (Lipinski definition) is 5. The molecule has 120 valence electrons. The molecule has 23 heavy (non-hydrogen) atoms. The van der Waals surface area contributed by atoms with Crippen molar-refractivity contribution in [1.82, 2.24) is 15.0 Å².